The maximum Gasteiger partial charge on any atom is 0.230 e. The Hall–Kier alpha value is -2.49. The third-order valence-electron chi connectivity index (χ3n) is 3.29. The Bertz CT molecular complexity index is 626. The molecule has 0 aliphatic carbocycles. The molecule has 0 saturated heterocycles. The highest BCUT2D eigenvalue weighted by Gasteiger charge is 2.12. The number of carbonyl (C=O) groups is 1. The monoisotopic (exact) mass is 284 g/mol. The summed E-state index contributed by atoms with van der Waals surface area (Å²) in [6.07, 6.45) is 0.319. The molecule has 0 radical (unpaired) electrons. The Labute approximate surface area is 125 Å². The lowest BCUT2D eigenvalue weighted by atomic mass is 10.2. The summed E-state index contributed by atoms with van der Waals surface area (Å²) in [6, 6.07) is 15.0. The zero-order valence-corrected chi connectivity index (χ0v) is 12.4. The Morgan fingerprint density at radius 1 is 1.19 bits per heavy atom. The molecule has 0 atom stereocenters. The van der Waals surface area contributed by atoms with Crippen LogP contribution in [-0.2, 0) is 4.79 Å². The lowest BCUT2D eigenvalue weighted by Crippen LogP contribution is -2.28. The van der Waals surface area contributed by atoms with E-state index in [1.165, 1.54) is 0 Å². The van der Waals surface area contributed by atoms with Crippen molar-refractivity contribution in [3.05, 3.63) is 54.1 Å². The van der Waals surface area contributed by atoms with Crippen LogP contribution in [0.1, 0.15) is 12.0 Å². The Morgan fingerprint density at radius 3 is 2.67 bits per heavy atom. The number of amides is 1. The molecule has 0 aliphatic rings. The van der Waals surface area contributed by atoms with Gasteiger partial charge in [-0.15, -0.1) is 0 Å². The summed E-state index contributed by atoms with van der Waals surface area (Å²) in [7, 11) is 1.78. The normalized spacial score (nSPS) is 10.2. The number of nitrogens with zero attached hydrogens (tertiary/aromatic N) is 1. The van der Waals surface area contributed by atoms with Crippen LogP contribution in [0.15, 0.2) is 48.5 Å². The summed E-state index contributed by atoms with van der Waals surface area (Å²) in [5.74, 6) is 0.703. The highest BCUT2D eigenvalue weighted by Crippen LogP contribution is 2.19. The van der Waals surface area contributed by atoms with Crippen LogP contribution in [0, 0.1) is 6.92 Å². The first-order valence-electron chi connectivity index (χ1n) is 6.88. The van der Waals surface area contributed by atoms with E-state index in [9.17, 15) is 4.79 Å². The van der Waals surface area contributed by atoms with Gasteiger partial charge in [0.05, 0.1) is 13.0 Å². The summed E-state index contributed by atoms with van der Waals surface area (Å²) < 4.78 is 5.55. The second-order valence-electron chi connectivity index (χ2n) is 4.91. The van der Waals surface area contributed by atoms with Crippen molar-refractivity contribution < 1.29 is 9.53 Å². The molecule has 1 amide bonds. The van der Waals surface area contributed by atoms with Gasteiger partial charge >= 0.3 is 0 Å². The fourth-order valence-electron chi connectivity index (χ4n) is 2.10. The van der Waals surface area contributed by atoms with Gasteiger partial charge in [0.15, 0.2) is 0 Å². The van der Waals surface area contributed by atoms with E-state index < -0.39 is 0 Å². The van der Waals surface area contributed by atoms with Gasteiger partial charge in [0.1, 0.15) is 5.75 Å². The summed E-state index contributed by atoms with van der Waals surface area (Å²) >= 11 is 0. The summed E-state index contributed by atoms with van der Waals surface area (Å²) in [5.41, 5.74) is 8.32. The number of hydrogen-bond acceptors (Lipinski definition) is 3. The fraction of sp³-hybridized carbons (Fsp3) is 0.235. The molecule has 110 valence electrons. The van der Waals surface area contributed by atoms with Crippen LogP contribution >= 0.6 is 0 Å². The third-order valence-corrected chi connectivity index (χ3v) is 3.29. The number of benzene rings is 2. The summed E-state index contributed by atoms with van der Waals surface area (Å²) in [5, 5.41) is 0. The average Bonchev–Trinajstić information content (AvgIpc) is 2.47. The number of aryl methyl sites for hydroxylation is 1. The SMILES string of the molecule is Cc1ccccc1N(C)C(=O)CCOc1cccc(N)c1. The predicted octanol–water partition coefficient (Wildman–Crippen LogP) is 3.01. The van der Waals surface area contributed by atoms with Gasteiger partial charge in [-0.05, 0) is 30.7 Å². The van der Waals surface area contributed by atoms with Crippen molar-refractivity contribution in [2.45, 2.75) is 13.3 Å². The molecule has 0 saturated carbocycles. The molecule has 4 nitrogen and oxygen atoms in total. The molecule has 0 bridgehead atoms. The van der Waals surface area contributed by atoms with Crippen molar-refractivity contribution in [2.75, 3.05) is 24.3 Å². The van der Waals surface area contributed by atoms with Crippen molar-refractivity contribution in [1.29, 1.82) is 0 Å². The van der Waals surface area contributed by atoms with Crippen molar-refractivity contribution in [3.63, 3.8) is 0 Å². The zero-order valence-electron chi connectivity index (χ0n) is 12.4. The molecule has 0 aromatic heterocycles. The fourth-order valence-corrected chi connectivity index (χ4v) is 2.10. The van der Waals surface area contributed by atoms with Crippen LogP contribution in [0.4, 0.5) is 11.4 Å². The molecule has 0 aliphatic heterocycles. The van der Waals surface area contributed by atoms with E-state index in [-0.39, 0.29) is 5.91 Å². The van der Waals surface area contributed by atoms with Crippen LogP contribution in [0.5, 0.6) is 5.75 Å². The minimum Gasteiger partial charge on any atom is -0.493 e. The number of carbonyl (C=O) groups excluding carboxylic acids is 1. The number of nitrogen functional groups attached to an aromatic ring is 1. The molecule has 2 rings (SSSR count). The molecule has 21 heavy (non-hydrogen) atoms. The number of ether oxygens (including phenoxy) is 1. The molecular formula is C17H20N2O2. The van der Waals surface area contributed by atoms with Gasteiger partial charge in [-0.3, -0.25) is 4.79 Å². The average molecular weight is 284 g/mol. The number of para-hydroxylation sites is 1. The number of rotatable bonds is 5. The Morgan fingerprint density at radius 2 is 1.95 bits per heavy atom. The first kappa shape index (κ1) is 14.9. The van der Waals surface area contributed by atoms with Gasteiger partial charge in [0.25, 0.3) is 0 Å². The molecule has 0 fully saturated rings. The lowest BCUT2D eigenvalue weighted by molar-refractivity contribution is -0.118. The molecule has 0 spiro atoms. The van der Waals surface area contributed by atoms with E-state index in [1.807, 2.05) is 43.3 Å². The van der Waals surface area contributed by atoms with E-state index in [2.05, 4.69) is 0 Å². The van der Waals surface area contributed by atoms with E-state index in [0.29, 0.717) is 24.5 Å². The minimum atomic E-state index is 0.0215. The quantitative estimate of drug-likeness (QED) is 0.859. The van der Waals surface area contributed by atoms with Crippen molar-refractivity contribution in [3.8, 4) is 5.75 Å². The Balaban J connectivity index is 1.89. The first-order valence-corrected chi connectivity index (χ1v) is 6.88. The predicted molar refractivity (Wildman–Crippen MR) is 85.6 cm³/mol. The molecule has 2 aromatic carbocycles. The summed E-state index contributed by atoms with van der Waals surface area (Å²) in [6.45, 7) is 2.32. The van der Waals surface area contributed by atoms with Crippen molar-refractivity contribution >= 4 is 17.3 Å². The van der Waals surface area contributed by atoms with Crippen LogP contribution in [0.25, 0.3) is 0 Å². The summed E-state index contributed by atoms with van der Waals surface area (Å²) in [4.78, 5) is 13.8. The molecule has 2 aromatic rings. The van der Waals surface area contributed by atoms with E-state index in [4.69, 9.17) is 10.5 Å². The van der Waals surface area contributed by atoms with Gasteiger partial charge in [-0.1, -0.05) is 24.3 Å². The van der Waals surface area contributed by atoms with Gasteiger partial charge in [0.2, 0.25) is 5.91 Å². The highest BCUT2D eigenvalue weighted by atomic mass is 16.5. The minimum absolute atomic E-state index is 0.0215. The van der Waals surface area contributed by atoms with Crippen molar-refractivity contribution in [2.24, 2.45) is 0 Å². The first-order chi connectivity index (χ1) is 10.1. The van der Waals surface area contributed by atoms with Crippen LogP contribution < -0.4 is 15.4 Å². The largest absolute Gasteiger partial charge is 0.493 e. The second kappa shape index (κ2) is 6.79. The Kier molecular flexibility index (Phi) is 4.82. The van der Waals surface area contributed by atoms with Crippen molar-refractivity contribution in [1.82, 2.24) is 0 Å². The topological polar surface area (TPSA) is 55.6 Å². The second-order valence-corrected chi connectivity index (χ2v) is 4.91. The van der Waals surface area contributed by atoms with Crippen LogP contribution in [0.3, 0.4) is 0 Å². The molecule has 0 heterocycles. The third kappa shape index (κ3) is 3.99. The molecular weight excluding hydrogens is 264 g/mol. The maximum absolute atomic E-state index is 12.2. The number of anilines is 2. The van der Waals surface area contributed by atoms with Gasteiger partial charge in [0, 0.05) is 24.5 Å². The van der Waals surface area contributed by atoms with Crippen LogP contribution in [0.2, 0.25) is 0 Å². The van der Waals surface area contributed by atoms with E-state index >= 15 is 0 Å². The standard InChI is InChI=1S/C17H20N2O2/c1-13-6-3-4-9-16(13)19(2)17(20)10-11-21-15-8-5-7-14(18)12-15/h3-9,12H,10-11,18H2,1-2H3. The van der Waals surface area contributed by atoms with Gasteiger partial charge in [-0.25, -0.2) is 0 Å². The zero-order chi connectivity index (χ0) is 15.2. The molecule has 0 unspecified atom stereocenters. The molecule has 4 heteroatoms. The number of nitrogens with two attached hydrogens (primary N) is 1. The molecule has 2 N–H and O–H groups in total. The van der Waals surface area contributed by atoms with E-state index in [1.54, 1.807) is 24.1 Å². The lowest BCUT2D eigenvalue weighted by Gasteiger charge is -2.19. The van der Waals surface area contributed by atoms with Crippen LogP contribution in [-0.4, -0.2) is 19.6 Å². The number of hydrogen-bond donors (Lipinski definition) is 1. The van der Waals surface area contributed by atoms with E-state index in [0.717, 1.165) is 11.3 Å². The van der Waals surface area contributed by atoms with Gasteiger partial charge < -0.3 is 15.4 Å². The van der Waals surface area contributed by atoms with Gasteiger partial charge in [-0.2, -0.15) is 0 Å². The highest BCUT2D eigenvalue weighted by molar-refractivity contribution is 5.93. The maximum atomic E-state index is 12.2. The smallest absolute Gasteiger partial charge is 0.230 e.